The zero-order valence-corrected chi connectivity index (χ0v) is 13.7. The first kappa shape index (κ1) is 13.7. The summed E-state index contributed by atoms with van der Waals surface area (Å²) in [4.78, 5) is 0. The largest absolute Gasteiger partial charge is 0.493 e. The van der Waals surface area contributed by atoms with Gasteiger partial charge in [0.05, 0.1) is 12.6 Å². The molecule has 0 bridgehead atoms. The van der Waals surface area contributed by atoms with Crippen molar-refractivity contribution in [3.8, 4) is 5.75 Å². The molecule has 0 amide bonds. The van der Waals surface area contributed by atoms with E-state index < -0.39 is 0 Å². The lowest BCUT2D eigenvalue weighted by molar-refractivity contribution is 0.357. The maximum Gasteiger partial charge on any atom is 0.122 e. The van der Waals surface area contributed by atoms with Crippen LogP contribution >= 0.6 is 22.6 Å². The van der Waals surface area contributed by atoms with Gasteiger partial charge in [-0.25, -0.2) is 0 Å². The van der Waals surface area contributed by atoms with E-state index in [9.17, 15) is 0 Å². The Hall–Kier alpha value is -1.23. The molecule has 0 saturated heterocycles. The number of anilines is 1. The summed E-state index contributed by atoms with van der Waals surface area (Å²) in [5.74, 6) is 1.05. The van der Waals surface area contributed by atoms with Gasteiger partial charge in [0.15, 0.2) is 0 Å². The Bertz CT molecular complexity index is 612. The fraction of sp³-hybridized carbons (Fsp3) is 0.294. The Kier molecular flexibility index (Phi) is 4.15. The number of rotatable bonds is 4. The molecule has 0 saturated carbocycles. The molecule has 104 valence electrons. The Morgan fingerprint density at radius 1 is 1.25 bits per heavy atom. The van der Waals surface area contributed by atoms with E-state index in [1.165, 1.54) is 20.4 Å². The predicted molar refractivity (Wildman–Crippen MR) is 91.5 cm³/mol. The van der Waals surface area contributed by atoms with Gasteiger partial charge in [-0.15, -0.1) is 0 Å². The molecule has 0 radical (unpaired) electrons. The summed E-state index contributed by atoms with van der Waals surface area (Å²) in [6.45, 7) is 3.04. The van der Waals surface area contributed by atoms with Gasteiger partial charge >= 0.3 is 0 Å². The molecule has 1 aliphatic heterocycles. The highest BCUT2D eigenvalue weighted by atomic mass is 127. The van der Waals surface area contributed by atoms with Crippen LogP contribution in [0.25, 0.3) is 0 Å². The standard InChI is InChI=1S/C17H18INO/c1-2-15(19-16-6-4-3-5-14(16)18)12-7-8-17-13(11-12)9-10-20-17/h3-8,11,15,19H,2,9-10H2,1H3. The van der Waals surface area contributed by atoms with E-state index in [4.69, 9.17) is 4.74 Å². The molecule has 1 heterocycles. The van der Waals surface area contributed by atoms with Crippen LogP contribution in [0.2, 0.25) is 0 Å². The average Bonchev–Trinajstić information content (AvgIpc) is 2.94. The molecule has 20 heavy (non-hydrogen) atoms. The van der Waals surface area contributed by atoms with Crippen molar-refractivity contribution in [2.75, 3.05) is 11.9 Å². The zero-order chi connectivity index (χ0) is 13.9. The topological polar surface area (TPSA) is 21.3 Å². The Balaban J connectivity index is 1.85. The number of ether oxygens (including phenoxy) is 1. The van der Waals surface area contributed by atoms with Gasteiger partial charge in [0.25, 0.3) is 0 Å². The molecule has 0 aromatic heterocycles. The van der Waals surface area contributed by atoms with Gasteiger partial charge in [0.2, 0.25) is 0 Å². The molecular weight excluding hydrogens is 361 g/mol. The maximum atomic E-state index is 5.58. The zero-order valence-electron chi connectivity index (χ0n) is 11.5. The van der Waals surface area contributed by atoms with Crippen LogP contribution in [0.5, 0.6) is 5.75 Å². The summed E-state index contributed by atoms with van der Waals surface area (Å²) in [6.07, 6.45) is 2.09. The van der Waals surface area contributed by atoms with Crippen molar-refractivity contribution < 1.29 is 4.74 Å². The summed E-state index contributed by atoms with van der Waals surface area (Å²) in [7, 11) is 0. The van der Waals surface area contributed by atoms with E-state index in [1.807, 2.05) is 0 Å². The quantitative estimate of drug-likeness (QED) is 0.772. The van der Waals surface area contributed by atoms with Gasteiger partial charge in [-0.05, 0) is 64.4 Å². The SMILES string of the molecule is CCC(Nc1ccccc1I)c1ccc2c(c1)CCO2. The molecule has 1 N–H and O–H groups in total. The molecule has 0 aliphatic carbocycles. The van der Waals surface area contributed by atoms with E-state index in [-0.39, 0.29) is 0 Å². The number of nitrogens with one attached hydrogen (secondary N) is 1. The summed E-state index contributed by atoms with van der Waals surface area (Å²) in [5, 5.41) is 3.66. The molecular formula is C17H18INO. The van der Waals surface area contributed by atoms with E-state index in [2.05, 4.69) is 77.3 Å². The Morgan fingerprint density at radius 2 is 2.10 bits per heavy atom. The third-order valence-corrected chi connectivity index (χ3v) is 4.67. The average molecular weight is 379 g/mol. The third-order valence-electron chi connectivity index (χ3n) is 3.73. The highest BCUT2D eigenvalue weighted by Crippen LogP contribution is 2.31. The molecule has 0 spiro atoms. The highest BCUT2D eigenvalue weighted by Gasteiger charge is 2.16. The molecule has 2 aromatic rings. The van der Waals surface area contributed by atoms with Crippen LogP contribution in [-0.2, 0) is 6.42 Å². The van der Waals surface area contributed by atoms with Gasteiger partial charge in [0, 0.05) is 15.7 Å². The van der Waals surface area contributed by atoms with Crippen molar-refractivity contribution in [1.82, 2.24) is 0 Å². The van der Waals surface area contributed by atoms with Crippen LogP contribution in [0.3, 0.4) is 0 Å². The lowest BCUT2D eigenvalue weighted by atomic mass is 10.0. The second-order valence-corrected chi connectivity index (χ2v) is 6.21. The number of benzene rings is 2. The van der Waals surface area contributed by atoms with Crippen LogP contribution in [0, 0.1) is 3.57 Å². The van der Waals surface area contributed by atoms with Gasteiger partial charge < -0.3 is 10.1 Å². The van der Waals surface area contributed by atoms with Crippen molar-refractivity contribution in [2.45, 2.75) is 25.8 Å². The van der Waals surface area contributed by atoms with E-state index in [0.29, 0.717) is 6.04 Å². The van der Waals surface area contributed by atoms with Crippen LogP contribution in [0.15, 0.2) is 42.5 Å². The monoisotopic (exact) mass is 379 g/mol. The van der Waals surface area contributed by atoms with Gasteiger partial charge in [0.1, 0.15) is 5.75 Å². The van der Waals surface area contributed by atoms with Crippen molar-refractivity contribution in [2.24, 2.45) is 0 Å². The van der Waals surface area contributed by atoms with Crippen LogP contribution in [-0.4, -0.2) is 6.61 Å². The van der Waals surface area contributed by atoms with Gasteiger partial charge in [-0.2, -0.15) is 0 Å². The van der Waals surface area contributed by atoms with Crippen molar-refractivity contribution in [1.29, 1.82) is 0 Å². The highest BCUT2D eigenvalue weighted by molar-refractivity contribution is 14.1. The lowest BCUT2D eigenvalue weighted by Crippen LogP contribution is -2.10. The van der Waals surface area contributed by atoms with Crippen molar-refractivity contribution in [3.63, 3.8) is 0 Å². The molecule has 2 aromatic carbocycles. The van der Waals surface area contributed by atoms with E-state index in [0.717, 1.165) is 25.2 Å². The molecule has 1 aliphatic rings. The van der Waals surface area contributed by atoms with Crippen molar-refractivity contribution in [3.05, 3.63) is 57.2 Å². The number of hydrogen-bond donors (Lipinski definition) is 1. The van der Waals surface area contributed by atoms with Gasteiger partial charge in [-0.1, -0.05) is 25.1 Å². The number of halogens is 1. The van der Waals surface area contributed by atoms with Crippen LogP contribution < -0.4 is 10.1 Å². The third kappa shape index (κ3) is 2.77. The number of para-hydroxylation sites is 1. The first-order chi connectivity index (χ1) is 9.78. The smallest absolute Gasteiger partial charge is 0.122 e. The summed E-state index contributed by atoms with van der Waals surface area (Å²) in [5.41, 5.74) is 3.89. The minimum Gasteiger partial charge on any atom is -0.493 e. The molecule has 0 fully saturated rings. The second-order valence-electron chi connectivity index (χ2n) is 5.05. The Morgan fingerprint density at radius 3 is 2.90 bits per heavy atom. The van der Waals surface area contributed by atoms with E-state index in [1.54, 1.807) is 0 Å². The molecule has 1 unspecified atom stereocenters. The second kappa shape index (κ2) is 6.04. The minimum atomic E-state index is 0.344. The number of hydrogen-bond acceptors (Lipinski definition) is 2. The maximum absolute atomic E-state index is 5.58. The molecule has 3 rings (SSSR count). The fourth-order valence-electron chi connectivity index (χ4n) is 2.61. The van der Waals surface area contributed by atoms with Crippen LogP contribution in [0.4, 0.5) is 5.69 Å². The Labute approximate surface area is 133 Å². The lowest BCUT2D eigenvalue weighted by Gasteiger charge is -2.20. The first-order valence-electron chi connectivity index (χ1n) is 7.04. The first-order valence-corrected chi connectivity index (χ1v) is 8.12. The molecule has 1 atom stereocenters. The van der Waals surface area contributed by atoms with E-state index >= 15 is 0 Å². The summed E-state index contributed by atoms with van der Waals surface area (Å²) < 4.78 is 6.84. The minimum absolute atomic E-state index is 0.344. The molecule has 3 heteroatoms. The summed E-state index contributed by atoms with van der Waals surface area (Å²) in [6, 6.07) is 15.3. The number of fused-ring (bicyclic) bond motifs is 1. The predicted octanol–water partition coefficient (Wildman–Crippen LogP) is 4.79. The van der Waals surface area contributed by atoms with Gasteiger partial charge in [-0.3, -0.25) is 0 Å². The van der Waals surface area contributed by atoms with Crippen molar-refractivity contribution >= 4 is 28.3 Å². The summed E-state index contributed by atoms with van der Waals surface area (Å²) >= 11 is 2.38. The fourth-order valence-corrected chi connectivity index (χ4v) is 3.15. The molecule has 2 nitrogen and oxygen atoms in total. The van der Waals surface area contributed by atoms with Crippen LogP contribution in [0.1, 0.15) is 30.5 Å². The normalized spacial score (nSPS) is 14.5.